The van der Waals surface area contributed by atoms with Gasteiger partial charge in [-0.1, -0.05) is 12.1 Å². The molecule has 92 valence electrons. The number of hydroxylamine groups is 2. The number of amides is 1. The Labute approximate surface area is 99.8 Å². The predicted molar refractivity (Wildman–Crippen MR) is 60.7 cm³/mol. The van der Waals surface area contributed by atoms with E-state index in [2.05, 4.69) is 0 Å². The lowest BCUT2D eigenvalue weighted by Gasteiger charge is -2.17. The molecule has 1 heterocycles. The van der Waals surface area contributed by atoms with Crippen molar-refractivity contribution in [2.75, 3.05) is 20.3 Å². The van der Waals surface area contributed by atoms with E-state index in [1.54, 1.807) is 19.2 Å². The fourth-order valence-electron chi connectivity index (χ4n) is 1.20. The Morgan fingerprint density at radius 1 is 1.47 bits per heavy atom. The number of para-hydroxylation sites is 2. The summed E-state index contributed by atoms with van der Waals surface area (Å²) in [6.07, 6.45) is 0.189. The van der Waals surface area contributed by atoms with Gasteiger partial charge in [-0.25, -0.2) is 0 Å². The first-order valence-corrected chi connectivity index (χ1v) is 5.42. The van der Waals surface area contributed by atoms with Crippen LogP contribution in [0.25, 0.3) is 0 Å². The Morgan fingerprint density at radius 2 is 2.12 bits per heavy atom. The van der Waals surface area contributed by atoms with Crippen molar-refractivity contribution in [3.8, 4) is 11.5 Å². The summed E-state index contributed by atoms with van der Waals surface area (Å²) >= 11 is 0. The van der Waals surface area contributed by atoms with Gasteiger partial charge in [0.1, 0.15) is 12.7 Å². The molecule has 2 rings (SSSR count). The molecule has 0 aliphatic carbocycles. The zero-order chi connectivity index (χ0) is 12.3. The number of hydrogen-bond donors (Lipinski definition) is 0. The highest BCUT2D eigenvalue weighted by Gasteiger charge is 2.23. The van der Waals surface area contributed by atoms with Gasteiger partial charge in [0.2, 0.25) is 0 Å². The second-order valence-corrected chi connectivity index (χ2v) is 3.82. The van der Waals surface area contributed by atoms with Crippen LogP contribution in [0.4, 0.5) is 0 Å². The van der Waals surface area contributed by atoms with E-state index in [4.69, 9.17) is 14.3 Å². The van der Waals surface area contributed by atoms with Crippen LogP contribution in [0, 0.1) is 0 Å². The molecule has 1 unspecified atom stereocenters. The fourth-order valence-corrected chi connectivity index (χ4v) is 1.20. The first-order valence-electron chi connectivity index (χ1n) is 5.42. The Kier molecular flexibility index (Phi) is 3.49. The van der Waals surface area contributed by atoms with E-state index in [1.807, 2.05) is 12.1 Å². The Hall–Kier alpha value is -1.75. The highest BCUT2D eigenvalue weighted by Crippen LogP contribution is 2.27. The molecular weight excluding hydrogens is 222 g/mol. The van der Waals surface area contributed by atoms with Crippen LogP contribution in [-0.2, 0) is 9.53 Å². The van der Waals surface area contributed by atoms with Gasteiger partial charge in [0.25, 0.3) is 5.91 Å². The smallest absolute Gasteiger partial charge is 0.251 e. The van der Waals surface area contributed by atoms with Crippen molar-refractivity contribution in [1.29, 1.82) is 0 Å². The van der Waals surface area contributed by atoms with Gasteiger partial charge in [-0.15, -0.1) is 0 Å². The molecule has 0 spiro atoms. The summed E-state index contributed by atoms with van der Waals surface area (Å²) in [6, 6.07) is 7.22. The van der Waals surface area contributed by atoms with Crippen molar-refractivity contribution in [2.24, 2.45) is 0 Å². The van der Waals surface area contributed by atoms with E-state index in [0.717, 1.165) is 11.7 Å². The standard InChI is InChI=1S/C12H15NO4/c1-9(14)13(2)17-12-6-4-3-5-11(12)16-8-10-7-15-10/h3-6,10H,7-8H2,1-2H3. The van der Waals surface area contributed by atoms with E-state index >= 15 is 0 Å². The highest BCUT2D eigenvalue weighted by molar-refractivity contribution is 5.72. The third-order valence-corrected chi connectivity index (χ3v) is 2.35. The molecule has 5 nitrogen and oxygen atoms in total. The highest BCUT2D eigenvalue weighted by atomic mass is 16.7. The number of benzene rings is 1. The molecule has 0 N–H and O–H groups in total. The Morgan fingerprint density at radius 3 is 2.71 bits per heavy atom. The van der Waals surface area contributed by atoms with Gasteiger partial charge >= 0.3 is 0 Å². The average molecular weight is 237 g/mol. The summed E-state index contributed by atoms with van der Waals surface area (Å²) in [5.41, 5.74) is 0. The quantitative estimate of drug-likeness (QED) is 0.571. The lowest BCUT2D eigenvalue weighted by Crippen LogP contribution is -2.27. The minimum absolute atomic E-state index is 0.176. The van der Waals surface area contributed by atoms with Crippen LogP contribution >= 0.6 is 0 Å². The summed E-state index contributed by atoms with van der Waals surface area (Å²) < 4.78 is 10.6. The second-order valence-electron chi connectivity index (χ2n) is 3.82. The van der Waals surface area contributed by atoms with E-state index in [1.165, 1.54) is 6.92 Å². The molecule has 1 saturated heterocycles. The van der Waals surface area contributed by atoms with Crippen molar-refractivity contribution in [1.82, 2.24) is 5.06 Å². The van der Waals surface area contributed by atoms with Gasteiger partial charge in [-0.2, -0.15) is 5.06 Å². The van der Waals surface area contributed by atoms with Crippen LogP contribution in [0.15, 0.2) is 24.3 Å². The number of nitrogens with zero attached hydrogens (tertiary/aromatic N) is 1. The van der Waals surface area contributed by atoms with Crippen molar-refractivity contribution in [2.45, 2.75) is 13.0 Å². The second kappa shape index (κ2) is 5.05. The molecule has 1 atom stereocenters. The van der Waals surface area contributed by atoms with E-state index in [0.29, 0.717) is 18.1 Å². The molecule has 17 heavy (non-hydrogen) atoms. The first-order chi connectivity index (χ1) is 8.16. The molecule has 1 amide bonds. The van der Waals surface area contributed by atoms with Gasteiger partial charge in [0, 0.05) is 14.0 Å². The van der Waals surface area contributed by atoms with Gasteiger partial charge < -0.3 is 14.3 Å². The van der Waals surface area contributed by atoms with Crippen molar-refractivity contribution < 1.29 is 19.1 Å². The largest absolute Gasteiger partial charge is 0.487 e. The minimum Gasteiger partial charge on any atom is -0.487 e. The first kappa shape index (κ1) is 11.7. The van der Waals surface area contributed by atoms with Gasteiger partial charge in [0.15, 0.2) is 11.5 Å². The number of hydrogen-bond acceptors (Lipinski definition) is 4. The third-order valence-electron chi connectivity index (χ3n) is 2.35. The van der Waals surface area contributed by atoms with Crippen LogP contribution in [0.3, 0.4) is 0 Å². The zero-order valence-electron chi connectivity index (χ0n) is 9.88. The molecule has 0 radical (unpaired) electrons. The molecule has 1 fully saturated rings. The van der Waals surface area contributed by atoms with Gasteiger partial charge in [-0.3, -0.25) is 4.79 Å². The summed E-state index contributed by atoms with van der Waals surface area (Å²) in [5, 5.41) is 1.16. The van der Waals surface area contributed by atoms with E-state index < -0.39 is 0 Å². The fraction of sp³-hybridized carbons (Fsp3) is 0.417. The van der Waals surface area contributed by atoms with Crippen molar-refractivity contribution >= 4 is 5.91 Å². The summed E-state index contributed by atoms with van der Waals surface area (Å²) in [7, 11) is 1.56. The van der Waals surface area contributed by atoms with E-state index in [-0.39, 0.29) is 12.0 Å². The number of carbonyl (C=O) groups is 1. The third kappa shape index (κ3) is 3.35. The van der Waals surface area contributed by atoms with Crippen LogP contribution < -0.4 is 9.57 Å². The van der Waals surface area contributed by atoms with Crippen LogP contribution in [0.5, 0.6) is 11.5 Å². The number of rotatable bonds is 5. The Balaban J connectivity index is 2.00. The molecule has 0 aromatic heterocycles. The predicted octanol–water partition coefficient (Wildman–Crippen LogP) is 1.24. The lowest BCUT2D eigenvalue weighted by molar-refractivity contribution is -0.150. The van der Waals surface area contributed by atoms with Gasteiger partial charge in [-0.05, 0) is 12.1 Å². The summed E-state index contributed by atoms with van der Waals surface area (Å²) in [6.45, 7) is 2.68. The lowest BCUT2D eigenvalue weighted by atomic mass is 10.3. The average Bonchev–Trinajstić information content (AvgIpc) is 3.11. The van der Waals surface area contributed by atoms with Crippen molar-refractivity contribution in [3.63, 3.8) is 0 Å². The maximum absolute atomic E-state index is 11.1. The van der Waals surface area contributed by atoms with Crippen LogP contribution in [0.1, 0.15) is 6.92 Å². The number of epoxide rings is 1. The van der Waals surface area contributed by atoms with Crippen LogP contribution in [-0.4, -0.2) is 37.3 Å². The van der Waals surface area contributed by atoms with Crippen LogP contribution in [0.2, 0.25) is 0 Å². The molecule has 1 aromatic rings. The topological polar surface area (TPSA) is 51.3 Å². The number of carbonyl (C=O) groups excluding carboxylic acids is 1. The monoisotopic (exact) mass is 237 g/mol. The summed E-state index contributed by atoms with van der Waals surface area (Å²) in [4.78, 5) is 16.5. The molecule has 5 heteroatoms. The zero-order valence-corrected chi connectivity index (χ0v) is 9.88. The van der Waals surface area contributed by atoms with Crippen molar-refractivity contribution in [3.05, 3.63) is 24.3 Å². The molecule has 1 aromatic carbocycles. The minimum atomic E-state index is -0.176. The molecule has 0 bridgehead atoms. The maximum Gasteiger partial charge on any atom is 0.251 e. The van der Waals surface area contributed by atoms with E-state index in [9.17, 15) is 4.79 Å². The Bertz CT molecular complexity index is 403. The normalized spacial score (nSPS) is 17.4. The van der Waals surface area contributed by atoms with Gasteiger partial charge in [0.05, 0.1) is 6.61 Å². The molecule has 1 aliphatic heterocycles. The molecular formula is C12H15NO4. The summed E-state index contributed by atoms with van der Waals surface area (Å²) in [5.74, 6) is 0.951. The number of ether oxygens (including phenoxy) is 2. The maximum atomic E-state index is 11.1. The molecule has 0 saturated carbocycles. The SMILES string of the molecule is CC(=O)N(C)Oc1ccccc1OCC1CO1. The molecule has 1 aliphatic rings.